The Kier molecular flexibility index (Phi) is 3.52. The molecule has 5 nitrogen and oxygen atoms in total. The molecule has 1 amide bonds. The molecule has 1 aromatic heterocycles. The highest BCUT2D eigenvalue weighted by Gasteiger charge is 2.17. The lowest BCUT2D eigenvalue weighted by molar-refractivity contribution is 0.0947. The van der Waals surface area contributed by atoms with Crippen LogP contribution >= 0.6 is 0 Å². The van der Waals surface area contributed by atoms with E-state index in [1.807, 2.05) is 12.1 Å². The van der Waals surface area contributed by atoms with Gasteiger partial charge in [-0.2, -0.15) is 0 Å². The second-order valence-corrected chi connectivity index (χ2v) is 4.99. The number of amides is 1. The largest absolute Gasteiger partial charge is 0.422 e. The Labute approximate surface area is 116 Å². The molecule has 1 saturated heterocycles. The summed E-state index contributed by atoms with van der Waals surface area (Å²) in [5.74, 6) is -0.377. The molecule has 1 atom stereocenters. The molecule has 0 radical (unpaired) electrons. The SMILES string of the molecule is O=C(NCC1CCCN1)c1cc2ccccc2oc1=O. The first kappa shape index (κ1) is 12.9. The summed E-state index contributed by atoms with van der Waals surface area (Å²) in [6, 6.07) is 9.03. The maximum absolute atomic E-state index is 12.1. The number of nitrogens with one attached hydrogen (secondary N) is 2. The molecule has 2 aromatic rings. The fraction of sp³-hybridized carbons (Fsp3) is 0.333. The molecule has 0 aliphatic carbocycles. The number of para-hydroxylation sites is 1. The van der Waals surface area contributed by atoms with Gasteiger partial charge in [-0.1, -0.05) is 18.2 Å². The molecule has 0 saturated carbocycles. The molecule has 0 spiro atoms. The number of fused-ring (bicyclic) bond motifs is 1. The van der Waals surface area contributed by atoms with Crippen molar-refractivity contribution in [2.45, 2.75) is 18.9 Å². The van der Waals surface area contributed by atoms with E-state index in [2.05, 4.69) is 10.6 Å². The molecule has 2 heterocycles. The highest BCUT2D eigenvalue weighted by Crippen LogP contribution is 2.12. The van der Waals surface area contributed by atoms with Gasteiger partial charge in [0, 0.05) is 18.0 Å². The number of carbonyl (C=O) groups excluding carboxylic acids is 1. The van der Waals surface area contributed by atoms with Crippen LogP contribution in [0.5, 0.6) is 0 Å². The van der Waals surface area contributed by atoms with Gasteiger partial charge >= 0.3 is 5.63 Å². The number of rotatable bonds is 3. The van der Waals surface area contributed by atoms with Gasteiger partial charge in [0.15, 0.2) is 0 Å². The van der Waals surface area contributed by atoms with Crippen LogP contribution in [0, 0.1) is 0 Å². The van der Waals surface area contributed by atoms with Crippen LogP contribution in [0.4, 0.5) is 0 Å². The van der Waals surface area contributed by atoms with Crippen LogP contribution < -0.4 is 16.3 Å². The van der Waals surface area contributed by atoms with Crippen LogP contribution in [-0.2, 0) is 0 Å². The third-order valence-corrected chi connectivity index (χ3v) is 3.56. The Morgan fingerprint density at radius 1 is 1.40 bits per heavy atom. The molecule has 5 heteroatoms. The first-order valence-electron chi connectivity index (χ1n) is 6.78. The van der Waals surface area contributed by atoms with Crippen LogP contribution in [-0.4, -0.2) is 25.0 Å². The Morgan fingerprint density at radius 3 is 3.05 bits per heavy atom. The van der Waals surface area contributed by atoms with Crippen molar-refractivity contribution in [3.05, 3.63) is 46.3 Å². The number of hydrogen-bond acceptors (Lipinski definition) is 4. The van der Waals surface area contributed by atoms with Gasteiger partial charge in [0.25, 0.3) is 5.91 Å². The van der Waals surface area contributed by atoms with E-state index < -0.39 is 5.63 Å². The van der Waals surface area contributed by atoms with E-state index in [-0.39, 0.29) is 11.5 Å². The highest BCUT2D eigenvalue weighted by atomic mass is 16.4. The van der Waals surface area contributed by atoms with E-state index in [1.54, 1.807) is 18.2 Å². The minimum atomic E-state index is -0.597. The summed E-state index contributed by atoms with van der Waals surface area (Å²) >= 11 is 0. The van der Waals surface area contributed by atoms with Gasteiger partial charge in [-0.15, -0.1) is 0 Å². The minimum absolute atomic E-state index is 0.0571. The standard InChI is InChI=1S/C15H16N2O3/c18-14(17-9-11-5-3-7-16-11)12-8-10-4-1-2-6-13(10)20-15(12)19/h1-2,4,6,8,11,16H,3,5,7,9H2,(H,17,18). The molecule has 20 heavy (non-hydrogen) atoms. The Morgan fingerprint density at radius 2 is 2.25 bits per heavy atom. The van der Waals surface area contributed by atoms with E-state index in [0.29, 0.717) is 18.2 Å². The maximum atomic E-state index is 12.1. The van der Waals surface area contributed by atoms with Gasteiger partial charge < -0.3 is 15.1 Å². The number of benzene rings is 1. The van der Waals surface area contributed by atoms with Crippen molar-refractivity contribution in [2.24, 2.45) is 0 Å². The summed E-state index contributed by atoms with van der Waals surface area (Å²) in [7, 11) is 0. The molecule has 104 valence electrons. The summed E-state index contributed by atoms with van der Waals surface area (Å²) in [5, 5.41) is 6.82. The normalized spacial score (nSPS) is 18.3. The minimum Gasteiger partial charge on any atom is -0.422 e. The van der Waals surface area contributed by atoms with Crippen molar-refractivity contribution in [3.8, 4) is 0 Å². The van der Waals surface area contributed by atoms with Crippen LogP contribution in [0.15, 0.2) is 39.5 Å². The van der Waals surface area contributed by atoms with Gasteiger partial charge in [-0.05, 0) is 31.5 Å². The maximum Gasteiger partial charge on any atom is 0.349 e. The van der Waals surface area contributed by atoms with E-state index in [4.69, 9.17) is 4.42 Å². The van der Waals surface area contributed by atoms with E-state index in [9.17, 15) is 9.59 Å². The second-order valence-electron chi connectivity index (χ2n) is 4.99. The zero-order valence-corrected chi connectivity index (χ0v) is 11.0. The quantitative estimate of drug-likeness (QED) is 0.826. The molecule has 0 bridgehead atoms. The molecular formula is C15H16N2O3. The summed E-state index contributed by atoms with van der Waals surface area (Å²) in [6.45, 7) is 1.52. The van der Waals surface area contributed by atoms with Crippen molar-refractivity contribution in [3.63, 3.8) is 0 Å². The molecule has 2 N–H and O–H groups in total. The molecule has 3 rings (SSSR count). The molecule has 1 unspecified atom stereocenters. The first-order chi connectivity index (χ1) is 9.74. The third kappa shape index (κ3) is 2.58. The zero-order valence-electron chi connectivity index (χ0n) is 11.0. The summed E-state index contributed by atoms with van der Waals surface area (Å²) in [5.41, 5.74) is -0.0474. The second kappa shape index (κ2) is 5.46. The van der Waals surface area contributed by atoms with Gasteiger partial charge in [-0.3, -0.25) is 4.79 Å². The average molecular weight is 272 g/mol. The Bertz CT molecular complexity index is 687. The third-order valence-electron chi connectivity index (χ3n) is 3.56. The van der Waals surface area contributed by atoms with E-state index in [1.165, 1.54) is 0 Å². The van der Waals surface area contributed by atoms with Crippen LogP contribution in [0.1, 0.15) is 23.2 Å². The number of hydrogen-bond donors (Lipinski definition) is 2. The monoisotopic (exact) mass is 272 g/mol. The van der Waals surface area contributed by atoms with Crippen molar-refractivity contribution >= 4 is 16.9 Å². The smallest absolute Gasteiger partial charge is 0.349 e. The number of carbonyl (C=O) groups is 1. The van der Waals surface area contributed by atoms with Crippen LogP contribution in [0.25, 0.3) is 11.0 Å². The molecule has 1 aromatic carbocycles. The lowest BCUT2D eigenvalue weighted by atomic mass is 10.1. The van der Waals surface area contributed by atoms with Crippen molar-refractivity contribution in [2.75, 3.05) is 13.1 Å². The summed E-state index contributed by atoms with van der Waals surface area (Å²) < 4.78 is 5.15. The van der Waals surface area contributed by atoms with Gasteiger partial charge in [0.05, 0.1) is 0 Å². The lowest BCUT2D eigenvalue weighted by Crippen LogP contribution is -2.38. The fourth-order valence-corrected chi connectivity index (χ4v) is 2.46. The van der Waals surface area contributed by atoms with Gasteiger partial charge in [0.2, 0.25) is 0 Å². The van der Waals surface area contributed by atoms with Gasteiger partial charge in [-0.25, -0.2) is 4.79 Å². The topological polar surface area (TPSA) is 71.3 Å². The Hall–Kier alpha value is -2.14. The molecule has 1 aliphatic heterocycles. The Balaban J connectivity index is 1.79. The van der Waals surface area contributed by atoms with Crippen molar-refractivity contribution in [1.29, 1.82) is 0 Å². The highest BCUT2D eigenvalue weighted by molar-refractivity contribution is 5.96. The zero-order chi connectivity index (χ0) is 13.9. The molecular weight excluding hydrogens is 256 g/mol. The lowest BCUT2D eigenvalue weighted by Gasteiger charge is -2.11. The summed E-state index contributed by atoms with van der Waals surface area (Å²) in [6.07, 6.45) is 2.17. The van der Waals surface area contributed by atoms with Gasteiger partial charge in [0.1, 0.15) is 11.1 Å². The van der Waals surface area contributed by atoms with Crippen molar-refractivity contribution in [1.82, 2.24) is 10.6 Å². The van der Waals surface area contributed by atoms with Crippen molar-refractivity contribution < 1.29 is 9.21 Å². The first-order valence-corrected chi connectivity index (χ1v) is 6.78. The predicted molar refractivity (Wildman–Crippen MR) is 75.8 cm³/mol. The predicted octanol–water partition coefficient (Wildman–Crippen LogP) is 1.27. The van der Waals surface area contributed by atoms with Crippen LogP contribution in [0.3, 0.4) is 0 Å². The molecule has 1 fully saturated rings. The summed E-state index contributed by atoms with van der Waals surface area (Å²) in [4.78, 5) is 23.9. The molecule has 1 aliphatic rings. The van der Waals surface area contributed by atoms with E-state index in [0.717, 1.165) is 24.8 Å². The average Bonchev–Trinajstić information content (AvgIpc) is 2.97. The van der Waals surface area contributed by atoms with E-state index >= 15 is 0 Å². The fourth-order valence-electron chi connectivity index (χ4n) is 2.46. The van der Waals surface area contributed by atoms with Crippen LogP contribution in [0.2, 0.25) is 0 Å².